The standard InChI is InChI=1S/C18H19N3O7S/c1-11-7-14(5-6-15(11)28-10-17(23)24)29(26,27)21-13-4-2-3-12(8-13)18(25)20-9-16(19)22/h2-8,21H,9-10H2,1H3,(H2,19,22)(H,20,25)(H,23,24). The third kappa shape index (κ3) is 6.21. The van der Waals surface area contributed by atoms with E-state index in [1.165, 1.54) is 42.5 Å². The fraction of sp³-hybridized carbons (Fsp3) is 0.167. The second-order valence-electron chi connectivity index (χ2n) is 5.95. The molecule has 0 radical (unpaired) electrons. The van der Waals surface area contributed by atoms with Crippen molar-refractivity contribution in [3.63, 3.8) is 0 Å². The van der Waals surface area contributed by atoms with E-state index in [4.69, 9.17) is 15.6 Å². The number of carbonyl (C=O) groups is 3. The highest BCUT2D eigenvalue weighted by Gasteiger charge is 2.17. The van der Waals surface area contributed by atoms with E-state index in [0.717, 1.165) is 0 Å². The molecule has 5 N–H and O–H groups in total. The molecule has 0 spiro atoms. The van der Waals surface area contributed by atoms with E-state index in [1.54, 1.807) is 6.92 Å². The first kappa shape index (κ1) is 21.7. The monoisotopic (exact) mass is 421 g/mol. The third-order valence-electron chi connectivity index (χ3n) is 3.61. The Morgan fingerprint density at radius 1 is 1.14 bits per heavy atom. The second-order valence-corrected chi connectivity index (χ2v) is 7.63. The molecule has 0 bridgehead atoms. The van der Waals surface area contributed by atoms with Crippen molar-refractivity contribution in [2.24, 2.45) is 5.73 Å². The number of carboxylic acid groups (broad SMARTS) is 1. The molecule has 154 valence electrons. The SMILES string of the molecule is Cc1cc(S(=O)(=O)Nc2cccc(C(=O)NCC(N)=O)c2)ccc1OCC(=O)O. The maximum Gasteiger partial charge on any atom is 0.341 e. The molecule has 0 saturated heterocycles. The summed E-state index contributed by atoms with van der Waals surface area (Å²) in [5.41, 5.74) is 5.69. The van der Waals surface area contributed by atoms with Crippen molar-refractivity contribution in [1.82, 2.24) is 5.32 Å². The van der Waals surface area contributed by atoms with Crippen molar-refractivity contribution in [2.75, 3.05) is 17.9 Å². The van der Waals surface area contributed by atoms with E-state index in [2.05, 4.69) is 10.0 Å². The Hall–Kier alpha value is -3.60. The van der Waals surface area contributed by atoms with E-state index in [9.17, 15) is 22.8 Å². The number of rotatable bonds is 9. The van der Waals surface area contributed by atoms with Gasteiger partial charge >= 0.3 is 5.97 Å². The van der Waals surface area contributed by atoms with Gasteiger partial charge in [0.25, 0.3) is 15.9 Å². The minimum absolute atomic E-state index is 0.0683. The highest BCUT2D eigenvalue weighted by molar-refractivity contribution is 7.92. The number of nitrogens with two attached hydrogens (primary N) is 1. The largest absolute Gasteiger partial charge is 0.482 e. The van der Waals surface area contributed by atoms with Gasteiger partial charge in [-0.3, -0.25) is 14.3 Å². The quantitative estimate of drug-likeness (QED) is 0.457. The van der Waals surface area contributed by atoms with Gasteiger partial charge in [0.05, 0.1) is 11.4 Å². The molecule has 0 aliphatic carbocycles. The van der Waals surface area contributed by atoms with Gasteiger partial charge in [0.15, 0.2) is 6.61 Å². The number of anilines is 1. The smallest absolute Gasteiger partial charge is 0.341 e. The number of hydrogen-bond donors (Lipinski definition) is 4. The Morgan fingerprint density at radius 3 is 2.48 bits per heavy atom. The number of hydrogen-bond acceptors (Lipinski definition) is 6. The van der Waals surface area contributed by atoms with Crippen LogP contribution in [0.4, 0.5) is 5.69 Å². The molecule has 2 aromatic rings. The van der Waals surface area contributed by atoms with E-state index in [-0.39, 0.29) is 28.4 Å². The Labute approximate surface area is 166 Å². The molecule has 2 rings (SSSR count). The summed E-state index contributed by atoms with van der Waals surface area (Å²) < 4.78 is 32.7. The maximum absolute atomic E-state index is 12.6. The lowest BCUT2D eigenvalue weighted by molar-refractivity contribution is -0.139. The fourth-order valence-electron chi connectivity index (χ4n) is 2.30. The van der Waals surface area contributed by atoms with Crippen LogP contribution in [0.2, 0.25) is 0 Å². The van der Waals surface area contributed by atoms with Crippen molar-refractivity contribution in [2.45, 2.75) is 11.8 Å². The maximum atomic E-state index is 12.6. The molecule has 0 atom stereocenters. The van der Waals surface area contributed by atoms with Crippen molar-refractivity contribution < 1.29 is 32.6 Å². The first-order chi connectivity index (χ1) is 13.6. The highest BCUT2D eigenvalue weighted by Crippen LogP contribution is 2.24. The molecule has 2 amide bonds. The number of carbonyl (C=O) groups excluding carboxylic acids is 2. The minimum atomic E-state index is -3.98. The summed E-state index contributed by atoms with van der Waals surface area (Å²) in [7, 11) is -3.98. The predicted octanol–water partition coefficient (Wildman–Crippen LogP) is 0.474. The molecule has 29 heavy (non-hydrogen) atoms. The van der Waals surface area contributed by atoms with Crippen LogP contribution in [0, 0.1) is 6.92 Å². The molecular weight excluding hydrogens is 402 g/mol. The summed E-state index contributed by atoms with van der Waals surface area (Å²) in [6.45, 7) is 0.695. The van der Waals surface area contributed by atoms with Gasteiger partial charge in [-0.1, -0.05) is 6.07 Å². The van der Waals surface area contributed by atoms with Gasteiger partial charge in [0, 0.05) is 11.3 Å². The van der Waals surface area contributed by atoms with Crippen molar-refractivity contribution >= 4 is 33.5 Å². The van der Waals surface area contributed by atoms with E-state index in [1.807, 2.05) is 0 Å². The van der Waals surface area contributed by atoms with E-state index in [0.29, 0.717) is 5.56 Å². The summed E-state index contributed by atoms with van der Waals surface area (Å²) >= 11 is 0. The van der Waals surface area contributed by atoms with Gasteiger partial charge in [-0.15, -0.1) is 0 Å². The van der Waals surface area contributed by atoms with Gasteiger partial charge in [0.1, 0.15) is 5.75 Å². The Bertz CT molecular complexity index is 1050. The summed E-state index contributed by atoms with van der Waals surface area (Å²) in [5.74, 6) is -2.19. The van der Waals surface area contributed by atoms with Crippen LogP contribution in [0.5, 0.6) is 5.75 Å². The Morgan fingerprint density at radius 2 is 1.86 bits per heavy atom. The zero-order valence-electron chi connectivity index (χ0n) is 15.3. The van der Waals surface area contributed by atoms with E-state index < -0.39 is 34.4 Å². The number of carboxylic acids is 1. The van der Waals surface area contributed by atoms with Gasteiger partial charge in [-0.25, -0.2) is 13.2 Å². The molecule has 0 aromatic heterocycles. The lowest BCUT2D eigenvalue weighted by atomic mass is 10.2. The Kier molecular flexibility index (Phi) is 6.78. The number of amides is 2. The van der Waals surface area contributed by atoms with Crippen LogP contribution in [0.15, 0.2) is 47.4 Å². The highest BCUT2D eigenvalue weighted by atomic mass is 32.2. The van der Waals surface area contributed by atoms with Crippen LogP contribution >= 0.6 is 0 Å². The number of aryl methyl sites for hydroxylation is 1. The third-order valence-corrected chi connectivity index (χ3v) is 4.99. The molecule has 0 aliphatic heterocycles. The fourth-order valence-corrected chi connectivity index (χ4v) is 3.43. The molecule has 0 saturated carbocycles. The minimum Gasteiger partial charge on any atom is -0.482 e. The zero-order valence-corrected chi connectivity index (χ0v) is 16.2. The van der Waals surface area contributed by atoms with Crippen molar-refractivity contribution in [1.29, 1.82) is 0 Å². The summed E-state index contributed by atoms with van der Waals surface area (Å²) in [5, 5.41) is 11.0. The molecule has 0 aliphatic rings. The lowest BCUT2D eigenvalue weighted by Gasteiger charge is -2.12. The average Bonchev–Trinajstić information content (AvgIpc) is 2.64. The average molecular weight is 421 g/mol. The predicted molar refractivity (Wildman–Crippen MR) is 103 cm³/mol. The lowest BCUT2D eigenvalue weighted by Crippen LogP contribution is -2.33. The van der Waals surface area contributed by atoms with Crippen molar-refractivity contribution in [3.8, 4) is 5.75 Å². The van der Waals surface area contributed by atoms with Crippen LogP contribution < -0.4 is 20.5 Å². The molecule has 10 nitrogen and oxygen atoms in total. The first-order valence-electron chi connectivity index (χ1n) is 8.23. The first-order valence-corrected chi connectivity index (χ1v) is 9.71. The number of nitrogens with one attached hydrogen (secondary N) is 2. The number of primary amides is 1. The second kappa shape index (κ2) is 9.06. The number of sulfonamides is 1. The summed E-state index contributed by atoms with van der Waals surface area (Å²) in [4.78, 5) is 33.2. The number of ether oxygens (including phenoxy) is 1. The van der Waals surface area contributed by atoms with E-state index >= 15 is 0 Å². The van der Waals surface area contributed by atoms with Crippen LogP contribution in [-0.4, -0.2) is 44.5 Å². The number of aliphatic carboxylic acids is 1. The normalized spacial score (nSPS) is 10.8. The molecule has 0 fully saturated rings. The molecule has 0 heterocycles. The Balaban J connectivity index is 2.18. The van der Waals surface area contributed by atoms with Crippen LogP contribution in [0.1, 0.15) is 15.9 Å². The van der Waals surface area contributed by atoms with Gasteiger partial charge in [0.2, 0.25) is 5.91 Å². The summed E-state index contributed by atoms with van der Waals surface area (Å²) in [6.07, 6.45) is 0. The van der Waals surface area contributed by atoms with Gasteiger partial charge in [-0.05, 0) is 48.9 Å². The molecule has 0 unspecified atom stereocenters. The zero-order chi connectivity index (χ0) is 21.6. The topological polar surface area (TPSA) is 165 Å². The summed E-state index contributed by atoms with van der Waals surface area (Å²) in [6, 6.07) is 9.67. The van der Waals surface area contributed by atoms with Crippen molar-refractivity contribution in [3.05, 3.63) is 53.6 Å². The molecule has 2 aromatic carbocycles. The van der Waals surface area contributed by atoms with Crippen LogP contribution in [-0.2, 0) is 19.6 Å². The number of benzene rings is 2. The molecular formula is C18H19N3O7S. The van der Waals surface area contributed by atoms with Gasteiger partial charge < -0.3 is 20.9 Å². The van der Waals surface area contributed by atoms with Crippen LogP contribution in [0.3, 0.4) is 0 Å². The van der Waals surface area contributed by atoms with Gasteiger partial charge in [-0.2, -0.15) is 0 Å². The molecule has 11 heteroatoms. The van der Waals surface area contributed by atoms with Crippen LogP contribution in [0.25, 0.3) is 0 Å².